The number of aryl methyl sites for hydroxylation is 2. The third-order valence-corrected chi connectivity index (χ3v) is 7.65. The monoisotopic (exact) mass is 466 g/mol. The largest absolute Gasteiger partial charge is 0.325 e. The molecule has 0 saturated carbocycles. The first kappa shape index (κ1) is 19.4. The first-order valence-electron chi connectivity index (χ1n) is 8.98. The minimum Gasteiger partial charge on any atom is -0.314 e. The molecule has 2 fully saturated rings. The average molecular weight is 467 g/mol. The van der Waals surface area contributed by atoms with Crippen LogP contribution < -0.4 is 4.90 Å². The third kappa shape index (κ3) is 3.33. The van der Waals surface area contributed by atoms with Crippen molar-refractivity contribution in [3.05, 3.63) is 63.4 Å². The number of carbonyl (C=O) groups excluding carboxylic acids is 1. The Morgan fingerprint density at radius 2 is 1.82 bits per heavy atom. The summed E-state index contributed by atoms with van der Waals surface area (Å²) in [6, 6.07) is 9.24. The molecular weight excluding hydrogens is 447 g/mol. The highest BCUT2D eigenvalue weighted by Gasteiger charge is 2.54. The number of hydrogen-bond acceptors (Lipinski definition) is 3. The molecule has 2 aromatic rings. The highest BCUT2D eigenvalue weighted by molar-refractivity contribution is 9.10. The van der Waals surface area contributed by atoms with Crippen LogP contribution in [0, 0.1) is 19.7 Å². The van der Waals surface area contributed by atoms with Crippen molar-refractivity contribution in [1.29, 1.82) is 0 Å². The van der Waals surface area contributed by atoms with Crippen molar-refractivity contribution in [2.24, 2.45) is 0 Å². The van der Waals surface area contributed by atoms with Crippen molar-refractivity contribution in [2.75, 3.05) is 16.4 Å². The predicted molar refractivity (Wildman–Crippen MR) is 110 cm³/mol. The van der Waals surface area contributed by atoms with Crippen molar-refractivity contribution < 1.29 is 17.6 Å². The number of carbonyl (C=O) groups is 1. The van der Waals surface area contributed by atoms with Crippen molar-refractivity contribution in [3.63, 3.8) is 0 Å². The van der Waals surface area contributed by atoms with Gasteiger partial charge in [0.05, 0.1) is 30.1 Å². The molecule has 2 aliphatic heterocycles. The van der Waals surface area contributed by atoms with Crippen LogP contribution in [-0.4, -0.2) is 42.9 Å². The minimum atomic E-state index is -3.27. The minimum absolute atomic E-state index is 0.0377. The number of anilines is 1. The molecule has 2 saturated heterocycles. The Hall–Kier alpha value is -1.93. The molecule has 4 rings (SSSR count). The smallest absolute Gasteiger partial charge is 0.314 e. The zero-order valence-corrected chi connectivity index (χ0v) is 17.9. The molecule has 2 atom stereocenters. The lowest BCUT2D eigenvalue weighted by atomic mass is 10.1. The van der Waals surface area contributed by atoms with Crippen LogP contribution in [0.15, 0.2) is 40.9 Å². The topological polar surface area (TPSA) is 57.7 Å². The number of sulfone groups is 1. The summed E-state index contributed by atoms with van der Waals surface area (Å²) in [5, 5.41) is 0. The van der Waals surface area contributed by atoms with Crippen molar-refractivity contribution in [3.8, 4) is 0 Å². The van der Waals surface area contributed by atoms with Crippen LogP contribution in [0.25, 0.3) is 0 Å². The highest BCUT2D eigenvalue weighted by Crippen LogP contribution is 2.37. The molecule has 0 unspecified atom stereocenters. The van der Waals surface area contributed by atoms with Crippen LogP contribution in [-0.2, 0) is 16.4 Å². The molecule has 28 heavy (non-hydrogen) atoms. The van der Waals surface area contributed by atoms with Gasteiger partial charge in [0.1, 0.15) is 5.82 Å². The lowest BCUT2D eigenvalue weighted by molar-refractivity contribution is 0.205. The number of amides is 2. The number of benzene rings is 2. The molecule has 2 amide bonds. The van der Waals surface area contributed by atoms with E-state index >= 15 is 0 Å². The predicted octanol–water partition coefficient (Wildman–Crippen LogP) is 3.81. The maximum absolute atomic E-state index is 14.4. The maximum Gasteiger partial charge on any atom is 0.325 e. The van der Waals surface area contributed by atoms with Gasteiger partial charge in [0.15, 0.2) is 9.84 Å². The van der Waals surface area contributed by atoms with Crippen LogP contribution >= 0.6 is 15.9 Å². The average Bonchev–Trinajstić information content (AvgIpc) is 3.03. The number of hydrogen-bond donors (Lipinski definition) is 0. The van der Waals surface area contributed by atoms with Gasteiger partial charge in [-0.1, -0.05) is 34.1 Å². The summed E-state index contributed by atoms with van der Waals surface area (Å²) in [7, 11) is -3.27. The Morgan fingerprint density at radius 1 is 1.11 bits per heavy atom. The van der Waals surface area contributed by atoms with Gasteiger partial charge in [-0.3, -0.25) is 4.90 Å². The van der Waals surface area contributed by atoms with Gasteiger partial charge >= 0.3 is 6.03 Å². The molecule has 2 aliphatic rings. The fraction of sp³-hybridized carbons (Fsp3) is 0.350. The number of halogens is 2. The van der Waals surface area contributed by atoms with Gasteiger partial charge in [-0.15, -0.1) is 0 Å². The molecule has 8 heteroatoms. The van der Waals surface area contributed by atoms with Gasteiger partial charge in [0.25, 0.3) is 0 Å². The second-order valence-corrected chi connectivity index (χ2v) is 10.6. The van der Waals surface area contributed by atoms with Crippen LogP contribution in [0.5, 0.6) is 0 Å². The van der Waals surface area contributed by atoms with Crippen LogP contribution in [0.3, 0.4) is 0 Å². The Balaban J connectivity index is 1.75. The SMILES string of the molecule is Cc1ccc(C)c(N2C(=O)N(Cc3ccc(Br)cc3F)[C@@H]3CS(=O)(=O)C[C@@H]32)c1. The Kier molecular flexibility index (Phi) is 4.74. The number of urea groups is 1. The van der Waals surface area contributed by atoms with E-state index in [2.05, 4.69) is 15.9 Å². The molecule has 5 nitrogen and oxygen atoms in total. The first-order valence-corrected chi connectivity index (χ1v) is 11.6. The van der Waals surface area contributed by atoms with Gasteiger partial charge in [-0.25, -0.2) is 17.6 Å². The first-order chi connectivity index (χ1) is 13.2. The van der Waals surface area contributed by atoms with Gasteiger partial charge < -0.3 is 4.90 Å². The zero-order valence-electron chi connectivity index (χ0n) is 15.5. The standard InChI is InChI=1S/C20H20BrFN2O3S/c1-12-3-4-13(2)17(7-12)24-19-11-28(26,27)10-18(19)23(20(24)25)9-14-5-6-15(21)8-16(14)22/h3-8,18-19H,9-11H2,1-2H3/t18-,19+/m1/s1. The summed E-state index contributed by atoms with van der Waals surface area (Å²) >= 11 is 3.23. The fourth-order valence-corrected chi connectivity index (χ4v) is 6.34. The summed E-state index contributed by atoms with van der Waals surface area (Å²) in [6.45, 7) is 3.87. The number of fused-ring (bicyclic) bond motifs is 1. The molecule has 0 N–H and O–H groups in total. The Bertz CT molecular complexity index is 1070. The van der Waals surface area contributed by atoms with E-state index in [9.17, 15) is 17.6 Å². The third-order valence-electron chi connectivity index (χ3n) is 5.46. The van der Waals surface area contributed by atoms with Crippen LogP contribution in [0.4, 0.5) is 14.9 Å². The van der Waals surface area contributed by atoms with Crippen LogP contribution in [0.2, 0.25) is 0 Å². The number of rotatable bonds is 3. The van der Waals surface area contributed by atoms with E-state index in [0.29, 0.717) is 10.0 Å². The van der Waals surface area contributed by atoms with Gasteiger partial charge in [0, 0.05) is 15.7 Å². The summed E-state index contributed by atoms with van der Waals surface area (Å²) in [5.74, 6) is -0.594. The number of nitrogens with zero attached hydrogens (tertiary/aromatic N) is 2. The van der Waals surface area contributed by atoms with E-state index in [-0.39, 0.29) is 24.1 Å². The van der Waals surface area contributed by atoms with E-state index in [1.54, 1.807) is 17.0 Å². The van der Waals surface area contributed by atoms with Crippen molar-refractivity contribution >= 4 is 37.5 Å². The van der Waals surface area contributed by atoms with Gasteiger partial charge in [-0.2, -0.15) is 0 Å². The summed E-state index contributed by atoms with van der Waals surface area (Å²) in [6.07, 6.45) is 0. The van der Waals surface area contributed by atoms with Crippen molar-refractivity contribution in [2.45, 2.75) is 32.5 Å². The molecule has 0 aromatic heterocycles. The second kappa shape index (κ2) is 6.84. The lowest BCUT2D eigenvalue weighted by Crippen LogP contribution is -2.38. The van der Waals surface area contributed by atoms with E-state index in [4.69, 9.17) is 0 Å². The maximum atomic E-state index is 14.4. The van der Waals surface area contributed by atoms with E-state index in [0.717, 1.165) is 16.8 Å². The summed E-state index contributed by atoms with van der Waals surface area (Å²) in [4.78, 5) is 16.4. The quantitative estimate of drug-likeness (QED) is 0.646. The lowest BCUT2D eigenvalue weighted by Gasteiger charge is -2.24. The van der Waals surface area contributed by atoms with Gasteiger partial charge in [0.2, 0.25) is 0 Å². The summed E-state index contributed by atoms with van der Waals surface area (Å²) in [5.41, 5.74) is 2.97. The van der Waals surface area contributed by atoms with Crippen LogP contribution in [0.1, 0.15) is 16.7 Å². The van der Waals surface area contributed by atoms with E-state index in [1.807, 2.05) is 32.0 Å². The molecule has 2 aromatic carbocycles. The summed E-state index contributed by atoms with van der Waals surface area (Å²) < 4.78 is 39.7. The molecule has 0 spiro atoms. The fourth-order valence-electron chi connectivity index (χ4n) is 4.06. The normalized spacial score (nSPS) is 23.4. The second-order valence-electron chi connectivity index (χ2n) is 7.52. The Labute approximate surface area is 172 Å². The Morgan fingerprint density at radius 3 is 2.54 bits per heavy atom. The van der Waals surface area contributed by atoms with Crippen molar-refractivity contribution in [1.82, 2.24) is 4.90 Å². The zero-order chi connectivity index (χ0) is 20.2. The highest BCUT2D eigenvalue weighted by atomic mass is 79.9. The van der Waals surface area contributed by atoms with E-state index < -0.39 is 27.7 Å². The molecular formula is C20H20BrFN2O3S. The molecule has 2 heterocycles. The van der Waals surface area contributed by atoms with E-state index in [1.165, 1.54) is 11.0 Å². The molecule has 0 aliphatic carbocycles. The molecule has 0 bridgehead atoms. The molecule has 0 radical (unpaired) electrons. The van der Waals surface area contributed by atoms with Gasteiger partial charge in [-0.05, 0) is 43.2 Å². The molecule has 148 valence electrons.